The molecule has 0 unspecified atom stereocenters. The molecule has 1 N–H and O–H groups in total. The minimum absolute atomic E-state index is 0.0665. The van der Waals surface area contributed by atoms with Gasteiger partial charge in [-0.3, -0.25) is 9.69 Å². The summed E-state index contributed by atoms with van der Waals surface area (Å²) in [5.74, 6) is -0.0665. The van der Waals surface area contributed by atoms with Crippen molar-refractivity contribution in [2.75, 3.05) is 39.3 Å². The van der Waals surface area contributed by atoms with Crippen molar-refractivity contribution in [1.29, 1.82) is 0 Å². The SMILES string of the molecule is CCOC(=O)N1CCN(CC(=O)N[C@H](C)c2ccc(Cl)c(Cl)c2)CC1. The van der Waals surface area contributed by atoms with Crippen molar-refractivity contribution in [2.45, 2.75) is 19.9 Å². The second kappa shape index (κ2) is 9.27. The van der Waals surface area contributed by atoms with Crippen molar-refractivity contribution in [3.05, 3.63) is 33.8 Å². The molecule has 0 radical (unpaired) electrons. The van der Waals surface area contributed by atoms with Crippen LogP contribution in [0.2, 0.25) is 10.0 Å². The standard InChI is InChI=1S/C17H23Cl2N3O3/c1-3-25-17(24)22-8-6-21(7-9-22)11-16(23)20-12(2)13-4-5-14(18)15(19)10-13/h4-5,10,12H,3,6-9,11H2,1-2H3,(H,20,23)/t12-/m1/s1. The molecule has 1 heterocycles. The Morgan fingerprint density at radius 1 is 1.20 bits per heavy atom. The number of hydrogen-bond acceptors (Lipinski definition) is 4. The highest BCUT2D eigenvalue weighted by Crippen LogP contribution is 2.25. The summed E-state index contributed by atoms with van der Waals surface area (Å²) in [6.07, 6.45) is -0.292. The molecule has 1 aromatic rings. The summed E-state index contributed by atoms with van der Waals surface area (Å²) < 4.78 is 4.99. The molecule has 0 aliphatic carbocycles. The van der Waals surface area contributed by atoms with Crippen LogP contribution >= 0.6 is 23.2 Å². The molecule has 1 atom stereocenters. The van der Waals surface area contributed by atoms with Crippen LogP contribution in [0, 0.1) is 0 Å². The third-order valence-electron chi connectivity index (χ3n) is 4.09. The number of halogens is 2. The summed E-state index contributed by atoms with van der Waals surface area (Å²) in [6.45, 7) is 6.77. The van der Waals surface area contributed by atoms with Crippen molar-refractivity contribution in [1.82, 2.24) is 15.1 Å². The number of hydrogen-bond donors (Lipinski definition) is 1. The number of nitrogens with one attached hydrogen (secondary N) is 1. The number of amides is 2. The average Bonchev–Trinajstić information content (AvgIpc) is 2.58. The number of piperazine rings is 1. The van der Waals surface area contributed by atoms with Crippen LogP contribution in [-0.2, 0) is 9.53 Å². The zero-order valence-corrected chi connectivity index (χ0v) is 15.9. The third kappa shape index (κ3) is 5.76. The fourth-order valence-electron chi connectivity index (χ4n) is 2.66. The van der Waals surface area contributed by atoms with Gasteiger partial charge in [0.25, 0.3) is 0 Å². The van der Waals surface area contributed by atoms with E-state index in [1.54, 1.807) is 24.0 Å². The van der Waals surface area contributed by atoms with Gasteiger partial charge in [-0.2, -0.15) is 0 Å². The molecule has 0 spiro atoms. The fraction of sp³-hybridized carbons (Fsp3) is 0.529. The van der Waals surface area contributed by atoms with Crippen LogP contribution in [-0.4, -0.2) is 61.1 Å². The molecule has 8 heteroatoms. The minimum atomic E-state index is -0.292. The van der Waals surface area contributed by atoms with E-state index in [0.717, 1.165) is 5.56 Å². The number of carbonyl (C=O) groups is 2. The van der Waals surface area contributed by atoms with Crippen LogP contribution in [0.1, 0.15) is 25.5 Å². The lowest BCUT2D eigenvalue weighted by Crippen LogP contribution is -2.51. The molecule has 1 aliphatic rings. The van der Waals surface area contributed by atoms with Crippen LogP contribution < -0.4 is 5.32 Å². The summed E-state index contributed by atoms with van der Waals surface area (Å²) >= 11 is 11.9. The van der Waals surface area contributed by atoms with Gasteiger partial charge in [0.1, 0.15) is 0 Å². The highest BCUT2D eigenvalue weighted by atomic mass is 35.5. The van der Waals surface area contributed by atoms with Crippen LogP contribution in [0.4, 0.5) is 4.79 Å². The minimum Gasteiger partial charge on any atom is -0.450 e. The number of benzene rings is 1. The first-order valence-electron chi connectivity index (χ1n) is 8.29. The molecular formula is C17H23Cl2N3O3. The van der Waals surface area contributed by atoms with Gasteiger partial charge >= 0.3 is 6.09 Å². The molecule has 1 saturated heterocycles. The molecule has 0 saturated carbocycles. The Morgan fingerprint density at radius 2 is 1.88 bits per heavy atom. The fourth-order valence-corrected chi connectivity index (χ4v) is 2.97. The van der Waals surface area contributed by atoms with Gasteiger partial charge in [0.15, 0.2) is 0 Å². The Hall–Kier alpha value is -1.50. The third-order valence-corrected chi connectivity index (χ3v) is 4.83. The zero-order valence-electron chi connectivity index (χ0n) is 14.4. The van der Waals surface area contributed by atoms with Crippen molar-refractivity contribution < 1.29 is 14.3 Å². The first-order valence-corrected chi connectivity index (χ1v) is 9.04. The molecule has 2 rings (SSSR count). The van der Waals surface area contributed by atoms with Gasteiger partial charge < -0.3 is 15.0 Å². The predicted molar refractivity (Wildman–Crippen MR) is 98.1 cm³/mol. The van der Waals surface area contributed by atoms with Crippen LogP contribution in [0.15, 0.2) is 18.2 Å². The summed E-state index contributed by atoms with van der Waals surface area (Å²) in [6, 6.07) is 5.16. The molecule has 1 fully saturated rings. The Bertz CT molecular complexity index is 619. The van der Waals surface area contributed by atoms with Gasteiger partial charge in [0.05, 0.1) is 29.2 Å². The van der Waals surface area contributed by atoms with E-state index in [9.17, 15) is 9.59 Å². The normalized spacial score (nSPS) is 16.4. The van der Waals surface area contributed by atoms with E-state index in [4.69, 9.17) is 27.9 Å². The Labute approximate surface area is 158 Å². The number of ether oxygens (including phenoxy) is 1. The highest BCUT2D eigenvalue weighted by Gasteiger charge is 2.23. The van der Waals surface area contributed by atoms with E-state index in [1.807, 2.05) is 17.9 Å². The van der Waals surface area contributed by atoms with Crippen molar-refractivity contribution in [2.24, 2.45) is 0 Å². The molecule has 138 valence electrons. The van der Waals surface area contributed by atoms with Gasteiger partial charge in [-0.05, 0) is 31.5 Å². The van der Waals surface area contributed by atoms with Crippen molar-refractivity contribution >= 4 is 35.2 Å². The lowest BCUT2D eigenvalue weighted by atomic mass is 10.1. The van der Waals surface area contributed by atoms with Crippen molar-refractivity contribution in [3.8, 4) is 0 Å². The largest absolute Gasteiger partial charge is 0.450 e. The van der Waals surface area contributed by atoms with Gasteiger partial charge in [-0.25, -0.2) is 4.79 Å². The lowest BCUT2D eigenvalue weighted by Gasteiger charge is -2.33. The summed E-state index contributed by atoms with van der Waals surface area (Å²) in [7, 11) is 0. The first-order chi connectivity index (χ1) is 11.9. The predicted octanol–water partition coefficient (Wildman–Crippen LogP) is 2.94. The second-order valence-electron chi connectivity index (χ2n) is 5.92. The maximum Gasteiger partial charge on any atom is 0.409 e. The van der Waals surface area contributed by atoms with E-state index >= 15 is 0 Å². The first kappa shape index (κ1) is 19.8. The molecule has 1 aromatic carbocycles. The highest BCUT2D eigenvalue weighted by molar-refractivity contribution is 6.42. The van der Waals surface area contributed by atoms with Gasteiger partial charge in [-0.15, -0.1) is 0 Å². The van der Waals surface area contributed by atoms with E-state index < -0.39 is 0 Å². The summed E-state index contributed by atoms with van der Waals surface area (Å²) in [5.41, 5.74) is 0.898. The lowest BCUT2D eigenvalue weighted by molar-refractivity contribution is -0.123. The summed E-state index contributed by atoms with van der Waals surface area (Å²) in [5, 5.41) is 3.91. The molecule has 1 aliphatic heterocycles. The maximum atomic E-state index is 12.2. The topological polar surface area (TPSA) is 61.9 Å². The van der Waals surface area contributed by atoms with Crippen LogP contribution in [0.25, 0.3) is 0 Å². The van der Waals surface area contributed by atoms with Gasteiger partial charge in [0.2, 0.25) is 5.91 Å². The monoisotopic (exact) mass is 387 g/mol. The number of nitrogens with zero attached hydrogens (tertiary/aromatic N) is 2. The molecule has 0 aromatic heterocycles. The number of rotatable bonds is 5. The quantitative estimate of drug-likeness (QED) is 0.843. The Kier molecular flexibility index (Phi) is 7.35. The molecular weight excluding hydrogens is 365 g/mol. The molecule has 0 bridgehead atoms. The van der Waals surface area contributed by atoms with E-state index in [0.29, 0.717) is 49.4 Å². The average molecular weight is 388 g/mol. The van der Waals surface area contributed by atoms with Crippen molar-refractivity contribution in [3.63, 3.8) is 0 Å². The van der Waals surface area contributed by atoms with E-state index in [-0.39, 0.29) is 18.0 Å². The second-order valence-corrected chi connectivity index (χ2v) is 6.74. The van der Waals surface area contributed by atoms with E-state index in [2.05, 4.69) is 5.32 Å². The van der Waals surface area contributed by atoms with Crippen LogP contribution in [0.3, 0.4) is 0 Å². The Morgan fingerprint density at radius 3 is 2.48 bits per heavy atom. The Balaban J connectivity index is 1.79. The zero-order chi connectivity index (χ0) is 18.4. The number of carbonyl (C=O) groups excluding carboxylic acids is 2. The molecule has 2 amide bonds. The molecule has 6 nitrogen and oxygen atoms in total. The van der Waals surface area contributed by atoms with Gasteiger partial charge in [0, 0.05) is 26.2 Å². The van der Waals surface area contributed by atoms with Crippen LogP contribution in [0.5, 0.6) is 0 Å². The van der Waals surface area contributed by atoms with E-state index in [1.165, 1.54) is 0 Å². The smallest absolute Gasteiger partial charge is 0.409 e. The maximum absolute atomic E-state index is 12.2. The molecule has 25 heavy (non-hydrogen) atoms. The van der Waals surface area contributed by atoms with Gasteiger partial charge in [-0.1, -0.05) is 29.3 Å². The summed E-state index contributed by atoms with van der Waals surface area (Å²) in [4.78, 5) is 27.6.